The average molecular weight is 398 g/mol. The van der Waals surface area contributed by atoms with Crippen molar-refractivity contribution in [3.63, 3.8) is 0 Å². The lowest BCUT2D eigenvalue weighted by atomic mass is 9.71. The molecular formula is C21H18O8. The van der Waals surface area contributed by atoms with Crippen molar-refractivity contribution in [2.45, 2.75) is 50.8 Å². The highest BCUT2D eigenvalue weighted by molar-refractivity contribution is 6.29. The van der Waals surface area contributed by atoms with Gasteiger partial charge in [-0.3, -0.25) is 19.2 Å². The van der Waals surface area contributed by atoms with Gasteiger partial charge in [0.1, 0.15) is 17.6 Å². The fourth-order valence-electron chi connectivity index (χ4n) is 4.78. The molecule has 0 unspecified atom stereocenters. The SMILES string of the molecule is C[C@@H]1CC(=O)[C@H](C)[C@]2(O1)O[C@@H]1CC(=O)O[C@@H]1C1=C2C(=O)c2c(O)cccc2C1=O. The molecule has 150 valence electrons. The van der Waals surface area contributed by atoms with Crippen LogP contribution in [0.2, 0.25) is 0 Å². The predicted molar refractivity (Wildman–Crippen MR) is 95.2 cm³/mol. The van der Waals surface area contributed by atoms with Gasteiger partial charge in [-0.1, -0.05) is 12.1 Å². The number of aromatic hydroxyl groups is 1. The first-order valence-corrected chi connectivity index (χ1v) is 9.48. The van der Waals surface area contributed by atoms with E-state index in [2.05, 4.69) is 0 Å². The Bertz CT molecular complexity index is 1040. The Kier molecular flexibility index (Phi) is 3.66. The van der Waals surface area contributed by atoms with E-state index < -0.39 is 47.6 Å². The first-order valence-electron chi connectivity index (χ1n) is 9.48. The minimum absolute atomic E-state index is 0.0235. The molecule has 4 aliphatic rings. The summed E-state index contributed by atoms with van der Waals surface area (Å²) >= 11 is 0. The summed E-state index contributed by atoms with van der Waals surface area (Å²) in [5.41, 5.74) is -0.317. The molecule has 8 heteroatoms. The van der Waals surface area contributed by atoms with Gasteiger partial charge in [0.05, 0.1) is 35.2 Å². The van der Waals surface area contributed by atoms with Gasteiger partial charge in [-0.2, -0.15) is 0 Å². The Morgan fingerprint density at radius 1 is 1.03 bits per heavy atom. The van der Waals surface area contributed by atoms with Gasteiger partial charge >= 0.3 is 5.97 Å². The third kappa shape index (κ3) is 2.27. The number of hydrogen-bond acceptors (Lipinski definition) is 8. The maximum atomic E-state index is 13.5. The summed E-state index contributed by atoms with van der Waals surface area (Å²) in [7, 11) is 0. The van der Waals surface area contributed by atoms with Gasteiger partial charge in [0.2, 0.25) is 5.79 Å². The van der Waals surface area contributed by atoms with Crippen LogP contribution >= 0.6 is 0 Å². The molecule has 3 heterocycles. The lowest BCUT2D eigenvalue weighted by molar-refractivity contribution is -0.291. The highest BCUT2D eigenvalue weighted by Gasteiger charge is 2.63. The van der Waals surface area contributed by atoms with Gasteiger partial charge in [-0.05, 0) is 19.9 Å². The summed E-state index contributed by atoms with van der Waals surface area (Å²) in [6.07, 6.45) is -2.44. The summed E-state index contributed by atoms with van der Waals surface area (Å²) in [6, 6.07) is 4.21. The molecule has 5 rings (SSSR count). The van der Waals surface area contributed by atoms with Crippen LogP contribution in [-0.4, -0.2) is 52.5 Å². The van der Waals surface area contributed by atoms with E-state index in [0.717, 1.165) is 0 Å². The Labute approximate surface area is 165 Å². The molecule has 1 N–H and O–H groups in total. The van der Waals surface area contributed by atoms with Crippen LogP contribution in [0.4, 0.5) is 0 Å². The van der Waals surface area contributed by atoms with Crippen LogP contribution in [0.5, 0.6) is 5.75 Å². The number of ether oxygens (including phenoxy) is 3. The third-order valence-electron chi connectivity index (χ3n) is 6.10. The summed E-state index contributed by atoms with van der Waals surface area (Å²) in [5, 5.41) is 10.3. The van der Waals surface area contributed by atoms with Crippen molar-refractivity contribution < 1.29 is 38.5 Å². The zero-order valence-corrected chi connectivity index (χ0v) is 15.8. The highest BCUT2D eigenvalue weighted by atomic mass is 16.7. The first-order chi connectivity index (χ1) is 13.7. The number of Topliss-reactive ketones (excluding diaryl/α,β-unsaturated/α-hetero) is 3. The van der Waals surface area contributed by atoms with E-state index in [4.69, 9.17) is 14.2 Å². The molecule has 1 aliphatic carbocycles. The summed E-state index contributed by atoms with van der Waals surface area (Å²) < 4.78 is 17.5. The van der Waals surface area contributed by atoms with E-state index in [-0.39, 0.29) is 46.6 Å². The smallest absolute Gasteiger partial charge is 0.309 e. The minimum Gasteiger partial charge on any atom is -0.507 e. The quantitative estimate of drug-likeness (QED) is 0.654. The molecule has 0 bridgehead atoms. The summed E-state index contributed by atoms with van der Waals surface area (Å²) in [4.78, 5) is 51.6. The fraction of sp³-hybridized carbons (Fsp3) is 0.429. The van der Waals surface area contributed by atoms with Gasteiger partial charge in [-0.25, -0.2) is 0 Å². The molecule has 0 amide bonds. The molecule has 5 atom stereocenters. The van der Waals surface area contributed by atoms with Crippen molar-refractivity contribution in [2.75, 3.05) is 0 Å². The second-order valence-corrected chi connectivity index (χ2v) is 7.91. The van der Waals surface area contributed by atoms with Crippen LogP contribution in [0.3, 0.4) is 0 Å². The van der Waals surface area contributed by atoms with Gasteiger partial charge in [0.15, 0.2) is 17.7 Å². The number of benzene rings is 1. The molecule has 0 saturated carbocycles. The maximum absolute atomic E-state index is 13.5. The van der Waals surface area contributed by atoms with Crippen molar-refractivity contribution in [2.24, 2.45) is 5.92 Å². The predicted octanol–water partition coefficient (Wildman–Crippen LogP) is 1.49. The number of carbonyl (C=O) groups is 4. The number of phenols is 1. The summed E-state index contributed by atoms with van der Waals surface area (Å²) in [5.74, 6) is -5.00. The molecule has 3 aliphatic heterocycles. The van der Waals surface area contributed by atoms with Gasteiger partial charge < -0.3 is 19.3 Å². The van der Waals surface area contributed by atoms with Crippen molar-refractivity contribution in [3.05, 3.63) is 40.5 Å². The molecule has 0 radical (unpaired) electrons. The molecule has 8 nitrogen and oxygen atoms in total. The normalized spacial score (nSPS) is 36.1. The van der Waals surface area contributed by atoms with Gasteiger partial charge in [0, 0.05) is 12.0 Å². The van der Waals surface area contributed by atoms with Crippen LogP contribution < -0.4 is 0 Å². The molecule has 1 spiro atoms. The van der Waals surface area contributed by atoms with Gasteiger partial charge in [-0.15, -0.1) is 0 Å². The second-order valence-electron chi connectivity index (χ2n) is 7.91. The van der Waals surface area contributed by atoms with E-state index in [1.54, 1.807) is 13.8 Å². The third-order valence-corrected chi connectivity index (χ3v) is 6.10. The number of hydrogen-bond donors (Lipinski definition) is 1. The molecule has 1 aromatic carbocycles. The Morgan fingerprint density at radius 2 is 1.79 bits per heavy atom. The lowest BCUT2D eigenvalue weighted by Crippen LogP contribution is -2.61. The molecule has 1 aromatic rings. The number of phenolic OH excluding ortho intramolecular Hbond substituents is 1. The molecule has 2 saturated heterocycles. The lowest BCUT2D eigenvalue weighted by Gasteiger charge is -2.50. The number of carbonyl (C=O) groups excluding carboxylic acids is 4. The zero-order valence-electron chi connectivity index (χ0n) is 15.8. The van der Waals surface area contributed by atoms with Crippen LogP contribution in [-0.2, 0) is 23.8 Å². The first kappa shape index (κ1) is 18.2. The van der Waals surface area contributed by atoms with E-state index >= 15 is 0 Å². The van der Waals surface area contributed by atoms with Crippen LogP contribution in [0.15, 0.2) is 29.3 Å². The van der Waals surface area contributed by atoms with E-state index in [1.807, 2.05) is 0 Å². The van der Waals surface area contributed by atoms with Crippen molar-refractivity contribution in [3.8, 4) is 5.75 Å². The number of fused-ring (bicyclic) bond motifs is 4. The van der Waals surface area contributed by atoms with Crippen LogP contribution in [0.25, 0.3) is 0 Å². The zero-order chi connectivity index (χ0) is 20.7. The largest absolute Gasteiger partial charge is 0.507 e. The van der Waals surface area contributed by atoms with E-state index in [0.29, 0.717) is 0 Å². The molecular weight excluding hydrogens is 380 g/mol. The summed E-state index contributed by atoms with van der Waals surface area (Å²) in [6.45, 7) is 3.26. The molecule has 0 aromatic heterocycles. The number of rotatable bonds is 0. The minimum atomic E-state index is -1.81. The van der Waals surface area contributed by atoms with Crippen molar-refractivity contribution >= 4 is 23.3 Å². The second kappa shape index (κ2) is 5.84. The van der Waals surface area contributed by atoms with E-state index in [1.165, 1.54) is 18.2 Å². The van der Waals surface area contributed by atoms with Gasteiger partial charge in [0.25, 0.3) is 0 Å². The highest BCUT2D eigenvalue weighted by Crippen LogP contribution is 2.51. The monoisotopic (exact) mass is 398 g/mol. The molecule has 29 heavy (non-hydrogen) atoms. The average Bonchev–Trinajstić information content (AvgIpc) is 3.02. The number of ketones is 3. The Hall–Kier alpha value is -2.84. The molecule has 2 fully saturated rings. The van der Waals surface area contributed by atoms with Crippen LogP contribution in [0.1, 0.15) is 47.4 Å². The standard InChI is InChI=1S/C21H18O8/c1-8-6-12(23)9(2)21(28-8)17-16(20-13(29-21)7-14(24)27-20)18(25)10-4-3-5-11(22)15(10)19(17)26/h3-5,8-9,13,20,22H,6-7H2,1-2H3/t8-,9+,13-,20+,21+/m1/s1. The number of esters is 1. The van der Waals surface area contributed by atoms with Crippen molar-refractivity contribution in [1.29, 1.82) is 0 Å². The fourth-order valence-corrected chi connectivity index (χ4v) is 4.78. The van der Waals surface area contributed by atoms with Crippen molar-refractivity contribution in [1.82, 2.24) is 0 Å². The Morgan fingerprint density at radius 3 is 2.55 bits per heavy atom. The van der Waals surface area contributed by atoms with E-state index in [9.17, 15) is 24.3 Å². The Balaban J connectivity index is 1.81. The topological polar surface area (TPSA) is 116 Å². The van der Waals surface area contributed by atoms with Crippen LogP contribution in [0, 0.1) is 5.92 Å². The maximum Gasteiger partial charge on any atom is 0.309 e.